The summed E-state index contributed by atoms with van der Waals surface area (Å²) in [5, 5.41) is 4.47. The van der Waals surface area contributed by atoms with Gasteiger partial charge in [0.2, 0.25) is 5.91 Å². The van der Waals surface area contributed by atoms with E-state index in [0.717, 1.165) is 29.4 Å². The second kappa shape index (κ2) is 11.9. The Balaban J connectivity index is 1.19. The van der Waals surface area contributed by atoms with Gasteiger partial charge >= 0.3 is 0 Å². The van der Waals surface area contributed by atoms with Crippen molar-refractivity contribution in [2.45, 2.75) is 49.1 Å². The number of thioether (sulfide) groups is 1. The van der Waals surface area contributed by atoms with E-state index >= 15 is 0 Å². The van der Waals surface area contributed by atoms with Gasteiger partial charge in [-0.1, -0.05) is 36.4 Å². The van der Waals surface area contributed by atoms with E-state index in [1.807, 2.05) is 30.3 Å². The van der Waals surface area contributed by atoms with E-state index in [9.17, 15) is 14.0 Å². The van der Waals surface area contributed by atoms with Gasteiger partial charge in [-0.2, -0.15) is 0 Å². The number of ether oxygens (including phenoxy) is 1. The van der Waals surface area contributed by atoms with Gasteiger partial charge in [-0.3, -0.25) is 14.2 Å². The van der Waals surface area contributed by atoms with E-state index in [0.29, 0.717) is 55.6 Å². The lowest BCUT2D eigenvalue weighted by Crippen LogP contribution is -2.42. The molecule has 1 aromatic heterocycles. The first-order valence-corrected chi connectivity index (χ1v) is 13.7. The largest absolute Gasteiger partial charge is 0.492 e. The van der Waals surface area contributed by atoms with Gasteiger partial charge in [0.15, 0.2) is 5.16 Å². The Kier molecular flexibility index (Phi) is 8.21. The lowest BCUT2D eigenvalue weighted by atomic mass is 10.0. The van der Waals surface area contributed by atoms with Crippen molar-refractivity contribution < 1.29 is 13.9 Å². The van der Waals surface area contributed by atoms with E-state index in [1.54, 1.807) is 33.4 Å². The van der Waals surface area contributed by atoms with E-state index in [-0.39, 0.29) is 23.8 Å². The maximum absolute atomic E-state index is 13.7. The van der Waals surface area contributed by atoms with Gasteiger partial charge in [0, 0.05) is 37.7 Å². The summed E-state index contributed by atoms with van der Waals surface area (Å²) in [7, 11) is 0. The highest BCUT2D eigenvalue weighted by atomic mass is 32.2. The van der Waals surface area contributed by atoms with Crippen LogP contribution >= 0.6 is 11.8 Å². The summed E-state index contributed by atoms with van der Waals surface area (Å²) in [6.07, 6.45) is 4.46. The van der Waals surface area contributed by atoms with Crippen LogP contribution < -0.4 is 15.6 Å². The number of nitrogens with zero attached hydrogens (tertiary/aromatic N) is 3. The molecule has 1 fully saturated rings. The monoisotopic (exact) mass is 522 g/mol. The Hall–Kier alpha value is -3.17. The molecule has 0 bridgehead atoms. The maximum atomic E-state index is 13.7. The molecule has 5 rings (SSSR count). The fourth-order valence-electron chi connectivity index (χ4n) is 4.44. The van der Waals surface area contributed by atoms with Gasteiger partial charge in [0.25, 0.3) is 5.56 Å². The Morgan fingerprint density at radius 3 is 2.62 bits per heavy atom. The predicted octanol–water partition coefficient (Wildman–Crippen LogP) is 3.96. The first-order chi connectivity index (χ1) is 18.1. The van der Waals surface area contributed by atoms with Gasteiger partial charge in [0.05, 0.1) is 23.5 Å². The molecule has 2 aromatic carbocycles. The van der Waals surface area contributed by atoms with Crippen LogP contribution in [0.3, 0.4) is 0 Å². The number of para-hydroxylation sites is 1. The summed E-state index contributed by atoms with van der Waals surface area (Å²) in [6.45, 7) is 2.35. The second-order valence-corrected chi connectivity index (χ2v) is 10.6. The molecule has 7 nitrogen and oxygen atoms in total. The summed E-state index contributed by atoms with van der Waals surface area (Å²) in [5.74, 6) is 0.318. The minimum Gasteiger partial charge on any atom is -0.492 e. The van der Waals surface area contributed by atoms with Gasteiger partial charge < -0.3 is 15.0 Å². The highest BCUT2D eigenvalue weighted by Crippen LogP contribution is 2.36. The van der Waals surface area contributed by atoms with Crippen molar-refractivity contribution in [3.63, 3.8) is 0 Å². The van der Waals surface area contributed by atoms with Gasteiger partial charge in [-0.15, -0.1) is 0 Å². The number of hydrogen-bond acceptors (Lipinski definition) is 6. The summed E-state index contributed by atoms with van der Waals surface area (Å²) < 4.78 is 20.2. The fourth-order valence-corrected chi connectivity index (χ4v) is 5.76. The van der Waals surface area contributed by atoms with Crippen LogP contribution in [0.1, 0.15) is 36.9 Å². The zero-order valence-electron chi connectivity index (χ0n) is 20.7. The molecule has 0 radical (unpaired) electrons. The molecule has 9 heteroatoms. The molecular weight excluding hydrogens is 491 g/mol. The molecule has 1 aliphatic carbocycles. The highest BCUT2D eigenvalue weighted by Gasteiger charge is 2.28. The number of benzene rings is 2. The molecule has 0 atom stereocenters. The molecule has 3 aromatic rings. The fraction of sp³-hybridized carbons (Fsp3) is 0.393. The zero-order valence-corrected chi connectivity index (χ0v) is 21.5. The summed E-state index contributed by atoms with van der Waals surface area (Å²) in [4.78, 5) is 33.3. The van der Waals surface area contributed by atoms with Crippen LogP contribution in [-0.2, 0) is 17.8 Å². The third-order valence-corrected chi connectivity index (χ3v) is 8.06. The second-order valence-electron chi connectivity index (χ2n) is 9.33. The molecule has 1 saturated carbocycles. The minimum absolute atomic E-state index is 0.0104. The van der Waals surface area contributed by atoms with Crippen LogP contribution in [0.15, 0.2) is 64.5 Å². The van der Waals surface area contributed by atoms with E-state index in [2.05, 4.69) is 5.32 Å². The van der Waals surface area contributed by atoms with Crippen LogP contribution in [0.4, 0.5) is 4.39 Å². The zero-order chi connectivity index (χ0) is 25.6. The molecule has 1 amide bonds. The summed E-state index contributed by atoms with van der Waals surface area (Å²) in [5.41, 5.74) is 2.16. The third-order valence-electron chi connectivity index (χ3n) is 6.77. The van der Waals surface area contributed by atoms with E-state index in [4.69, 9.17) is 9.72 Å². The summed E-state index contributed by atoms with van der Waals surface area (Å²) >= 11 is 1.70. The molecule has 1 N–H and O–H groups in total. The Morgan fingerprint density at radius 1 is 1.11 bits per heavy atom. The molecule has 194 valence electrons. The first kappa shape index (κ1) is 25.5. The number of fused-ring (bicyclic) bond motifs is 1. The van der Waals surface area contributed by atoms with Crippen LogP contribution in [0.2, 0.25) is 0 Å². The number of aromatic nitrogens is 2. The number of amides is 1. The molecule has 2 aliphatic rings. The highest BCUT2D eigenvalue weighted by molar-refractivity contribution is 7.99. The number of rotatable bonds is 10. The van der Waals surface area contributed by atoms with Gasteiger partial charge in [-0.05, 0) is 49.2 Å². The smallest absolute Gasteiger partial charge is 0.264 e. The van der Waals surface area contributed by atoms with Gasteiger partial charge in [-0.25, -0.2) is 9.37 Å². The lowest BCUT2D eigenvalue weighted by molar-refractivity contribution is -0.132. The Bertz CT molecular complexity index is 1280. The van der Waals surface area contributed by atoms with Crippen molar-refractivity contribution in [2.75, 3.05) is 26.2 Å². The SMILES string of the molecule is O=C(CCNCCOc1ccc(F)cc1)N1CCc2nc(SC3CCC3)n(-c3ccccc3)c(=O)c2C1. The molecule has 2 heterocycles. The number of hydrogen-bond donors (Lipinski definition) is 1. The molecule has 0 spiro atoms. The lowest BCUT2D eigenvalue weighted by Gasteiger charge is -2.30. The quantitative estimate of drug-likeness (QED) is 0.321. The van der Waals surface area contributed by atoms with Crippen LogP contribution in [0, 0.1) is 5.82 Å². The van der Waals surface area contributed by atoms with Crippen LogP contribution in [0.25, 0.3) is 5.69 Å². The van der Waals surface area contributed by atoms with Crippen molar-refractivity contribution in [3.8, 4) is 11.4 Å². The first-order valence-electron chi connectivity index (χ1n) is 12.8. The van der Waals surface area contributed by atoms with Crippen molar-refractivity contribution in [1.82, 2.24) is 19.8 Å². The topological polar surface area (TPSA) is 76.5 Å². The average molecular weight is 523 g/mol. The number of halogens is 1. The molecule has 0 unspecified atom stereocenters. The van der Waals surface area contributed by atoms with Crippen molar-refractivity contribution in [2.24, 2.45) is 0 Å². The van der Waals surface area contributed by atoms with Crippen molar-refractivity contribution in [3.05, 3.63) is 82.0 Å². The standard InChI is InChI=1S/C28H31FN4O3S/c29-20-9-11-22(12-10-20)36-18-16-30-15-13-26(34)32-17-14-25-24(19-32)27(35)33(21-5-2-1-3-6-21)28(31-25)37-23-7-4-8-23/h1-3,5-6,9-12,23,30H,4,7-8,13-19H2. The number of carbonyl (C=O) groups excluding carboxylic acids is 1. The van der Waals surface area contributed by atoms with E-state index in [1.165, 1.54) is 18.6 Å². The van der Waals surface area contributed by atoms with Crippen LogP contribution in [0.5, 0.6) is 5.75 Å². The van der Waals surface area contributed by atoms with Crippen molar-refractivity contribution in [1.29, 1.82) is 0 Å². The summed E-state index contributed by atoms with van der Waals surface area (Å²) in [6, 6.07) is 15.5. The molecular formula is C28H31FN4O3S. The minimum atomic E-state index is -0.299. The van der Waals surface area contributed by atoms with Crippen molar-refractivity contribution >= 4 is 17.7 Å². The molecule has 0 saturated heterocycles. The maximum Gasteiger partial charge on any atom is 0.264 e. The normalized spacial score (nSPS) is 15.2. The number of nitrogens with one attached hydrogen (secondary N) is 1. The molecule has 37 heavy (non-hydrogen) atoms. The number of carbonyl (C=O) groups is 1. The Labute approximate surface area is 220 Å². The predicted molar refractivity (Wildman–Crippen MR) is 142 cm³/mol. The van der Waals surface area contributed by atoms with Gasteiger partial charge in [0.1, 0.15) is 18.2 Å². The van der Waals surface area contributed by atoms with E-state index < -0.39 is 0 Å². The molecule has 1 aliphatic heterocycles. The average Bonchev–Trinajstić information content (AvgIpc) is 2.89. The third kappa shape index (κ3) is 6.22. The Morgan fingerprint density at radius 2 is 1.89 bits per heavy atom. The van der Waals surface area contributed by atoms with Crippen LogP contribution in [-0.4, -0.2) is 51.8 Å².